The summed E-state index contributed by atoms with van der Waals surface area (Å²) in [4.78, 5) is 11.5. The van der Waals surface area contributed by atoms with Crippen LogP contribution in [0.15, 0.2) is 12.4 Å². The number of anilines is 1. The van der Waals surface area contributed by atoms with Crippen molar-refractivity contribution in [1.29, 1.82) is 0 Å². The number of hydrogen-bond acceptors (Lipinski definition) is 4. The monoisotopic (exact) mass is 262 g/mol. The summed E-state index contributed by atoms with van der Waals surface area (Å²) >= 11 is 0. The zero-order valence-electron chi connectivity index (χ0n) is 12.6. The van der Waals surface area contributed by atoms with Crippen LogP contribution in [0, 0.1) is 5.92 Å². The number of aromatic nitrogens is 2. The van der Waals surface area contributed by atoms with E-state index in [4.69, 9.17) is 4.98 Å². The van der Waals surface area contributed by atoms with Crippen LogP contribution in [0.5, 0.6) is 0 Å². The van der Waals surface area contributed by atoms with Crippen LogP contribution in [-0.4, -0.2) is 28.6 Å². The number of nitrogens with one attached hydrogen (secondary N) is 1. The maximum atomic E-state index is 4.74. The van der Waals surface area contributed by atoms with Gasteiger partial charge in [-0.15, -0.1) is 0 Å². The molecule has 2 heterocycles. The van der Waals surface area contributed by atoms with Gasteiger partial charge < -0.3 is 10.2 Å². The maximum absolute atomic E-state index is 4.74. The average Bonchev–Trinajstić information content (AvgIpc) is 2.36. The first-order chi connectivity index (χ1) is 9.06. The molecule has 19 heavy (non-hydrogen) atoms. The summed E-state index contributed by atoms with van der Waals surface area (Å²) in [6, 6.07) is 1.03. The molecule has 1 aliphatic heterocycles. The summed E-state index contributed by atoms with van der Waals surface area (Å²) < 4.78 is 0. The summed E-state index contributed by atoms with van der Waals surface area (Å²) in [5, 5.41) is 3.39. The molecule has 1 saturated heterocycles. The van der Waals surface area contributed by atoms with Crippen LogP contribution in [0.25, 0.3) is 0 Å². The Morgan fingerprint density at radius 1 is 1.37 bits per heavy atom. The molecule has 0 radical (unpaired) electrons. The van der Waals surface area contributed by atoms with Gasteiger partial charge in [0.2, 0.25) is 0 Å². The van der Waals surface area contributed by atoms with Crippen LogP contribution < -0.4 is 10.2 Å². The molecule has 1 N–H and O–H groups in total. The molecule has 0 bridgehead atoms. The van der Waals surface area contributed by atoms with Gasteiger partial charge in [-0.2, -0.15) is 0 Å². The molecular formula is C15H26N4. The Kier molecular flexibility index (Phi) is 4.75. The van der Waals surface area contributed by atoms with Crippen LogP contribution in [-0.2, 0) is 6.54 Å². The third kappa shape index (κ3) is 3.90. The van der Waals surface area contributed by atoms with Crippen molar-refractivity contribution in [2.45, 2.75) is 59.2 Å². The quantitative estimate of drug-likeness (QED) is 0.905. The minimum absolute atomic E-state index is 0.472. The molecule has 0 amide bonds. The highest BCUT2D eigenvalue weighted by molar-refractivity contribution is 5.38. The van der Waals surface area contributed by atoms with Crippen molar-refractivity contribution >= 4 is 5.82 Å². The van der Waals surface area contributed by atoms with E-state index in [1.807, 2.05) is 12.4 Å². The summed E-state index contributed by atoms with van der Waals surface area (Å²) in [5.74, 6) is 1.85. The third-order valence-electron chi connectivity index (χ3n) is 3.80. The molecule has 4 heteroatoms. The summed E-state index contributed by atoms with van der Waals surface area (Å²) in [7, 11) is 0. The largest absolute Gasteiger partial charge is 0.353 e. The Labute approximate surface area is 116 Å². The highest BCUT2D eigenvalue weighted by Gasteiger charge is 2.24. The lowest BCUT2D eigenvalue weighted by atomic mass is 9.93. The van der Waals surface area contributed by atoms with Gasteiger partial charge >= 0.3 is 0 Å². The molecule has 2 atom stereocenters. The fraction of sp³-hybridized carbons (Fsp3) is 0.733. The van der Waals surface area contributed by atoms with Crippen molar-refractivity contribution in [3.8, 4) is 0 Å². The lowest BCUT2D eigenvalue weighted by Crippen LogP contribution is -2.41. The second-order valence-electron chi connectivity index (χ2n) is 6.08. The highest BCUT2D eigenvalue weighted by atomic mass is 15.2. The molecular weight excluding hydrogens is 236 g/mol. The number of rotatable bonds is 4. The van der Waals surface area contributed by atoms with Crippen LogP contribution in [0.1, 0.15) is 46.2 Å². The molecule has 1 aliphatic rings. The minimum Gasteiger partial charge on any atom is -0.353 e. The first-order valence-corrected chi connectivity index (χ1v) is 7.37. The molecule has 2 unspecified atom stereocenters. The molecule has 0 spiro atoms. The Bertz CT molecular complexity index is 405. The van der Waals surface area contributed by atoms with Gasteiger partial charge in [0.1, 0.15) is 5.82 Å². The topological polar surface area (TPSA) is 41.1 Å². The molecule has 4 nitrogen and oxygen atoms in total. The molecule has 0 aromatic carbocycles. The maximum Gasteiger partial charge on any atom is 0.147 e. The van der Waals surface area contributed by atoms with Crippen molar-refractivity contribution in [3.05, 3.63) is 18.1 Å². The van der Waals surface area contributed by atoms with E-state index in [0.717, 1.165) is 30.5 Å². The van der Waals surface area contributed by atoms with Gasteiger partial charge in [-0.3, -0.25) is 4.98 Å². The molecule has 106 valence electrons. The number of nitrogens with zero attached hydrogens (tertiary/aromatic N) is 3. The van der Waals surface area contributed by atoms with E-state index in [-0.39, 0.29) is 0 Å². The summed E-state index contributed by atoms with van der Waals surface area (Å²) in [6.07, 6.45) is 6.25. The second kappa shape index (κ2) is 6.33. The van der Waals surface area contributed by atoms with E-state index in [9.17, 15) is 0 Å². The first-order valence-electron chi connectivity index (χ1n) is 7.37. The van der Waals surface area contributed by atoms with Gasteiger partial charge in [0.05, 0.1) is 11.9 Å². The number of piperidine rings is 1. The van der Waals surface area contributed by atoms with E-state index in [1.54, 1.807) is 0 Å². The molecule has 1 fully saturated rings. The van der Waals surface area contributed by atoms with Crippen LogP contribution in [0.2, 0.25) is 0 Å². The Hall–Kier alpha value is -1.16. The third-order valence-corrected chi connectivity index (χ3v) is 3.80. The Morgan fingerprint density at radius 2 is 2.16 bits per heavy atom. The lowest BCUT2D eigenvalue weighted by molar-refractivity contribution is 0.375. The van der Waals surface area contributed by atoms with Crippen LogP contribution in [0.3, 0.4) is 0 Å². The summed E-state index contributed by atoms with van der Waals surface area (Å²) in [6.45, 7) is 10.8. The fourth-order valence-corrected chi connectivity index (χ4v) is 2.67. The predicted molar refractivity (Wildman–Crippen MR) is 79.2 cm³/mol. The Balaban J connectivity index is 2.05. The molecule has 0 aliphatic carbocycles. The first kappa shape index (κ1) is 14.3. The van der Waals surface area contributed by atoms with Gasteiger partial charge in [0.15, 0.2) is 0 Å². The Morgan fingerprint density at radius 3 is 2.84 bits per heavy atom. The van der Waals surface area contributed by atoms with Gasteiger partial charge in [0.25, 0.3) is 0 Å². The average molecular weight is 262 g/mol. The second-order valence-corrected chi connectivity index (χ2v) is 6.08. The van der Waals surface area contributed by atoms with E-state index in [0.29, 0.717) is 12.1 Å². The zero-order valence-corrected chi connectivity index (χ0v) is 12.6. The van der Waals surface area contributed by atoms with Gasteiger partial charge in [-0.1, -0.05) is 20.8 Å². The van der Waals surface area contributed by atoms with Crippen molar-refractivity contribution in [2.24, 2.45) is 5.92 Å². The van der Waals surface area contributed by atoms with Gasteiger partial charge in [-0.25, -0.2) is 4.98 Å². The van der Waals surface area contributed by atoms with Crippen LogP contribution in [0.4, 0.5) is 5.82 Å². The minimum atomic E-state index is 0.472. The molecule has 1 aromatic heterocycles. The lowest BCUT2D eigenvalue weighted by Gasteiger charge is -2.37. The standard InChI is InChI=1S/C15H26N4/c1-11(2)17-9-14-8-16-10-15(18-14)19-6-5-12(3)7-13(19)4/h8,10-13,17H,5-7,9H2,1-4H3. The van der Waals surface area contributed by atoms with Crippen molar-refractivity contribution in [3.63, 3.8) is 0 Å². The van der Waals surface area contributed by atoms with Crippen molar-refractivity contribution in [2.75, 3.05) is 11.4 Å². The van der Waals surface area contributed by atoms with E-state index in [1.165, 1.54) is 12.8 Å². The van der Waals surface area contributed by atoms with Crippen molar-refractivity contribution in [1.82, 2.24) is 15.3 Å². The van der Waals surface area contributed by atoms with Crippen molar-refractivity contribution < 1.29 is 0 Å². The van der Waals surface area contributed by atoms with E-state index < -0.39 is 0 Å². The molecule has 2 rings (SSSR count). The van der Waals surface area contributed by atoms with Gasteiger partial charge in [-0.05, 0) is 25.7 Å². The zero-order chi connectivity index (χ0) is 13.8. The predicted octanol–water partition coefficient (Wildman–Crippen LogP) is 2.60. The molecule has 1 aromatic rings. The fourth-order valence-electron chi connectivity index (χ4n) is 2.67. The highest BCUT2D eigenvalue weighted by Crippen LogP contribution is 2.25. The van der Waals surface area contributed by atoms with Crippen LogP contribution >= 0.6 is 0 Å². The SMILES string of the molecule is CC1CCN(c2cncc(CNC(C)C)n2)C(C)C1. The smallest absolute Gasteiger partial charge is 0.147 e. The van der Waals surface area contributed by atoms with Gasteiger partial charge in [0, 0.05) is 31.4 Å². The summed E-state index contributed by atoms with van der Waals surface area (Å²) in [5.41, 5.74) is 1.03. The van der Waals surface area contributed by atoms with E-state index >= 15 is 0 Å². The number of hydrogen-bond donors (Lipinski definition) is 1. The normalized spacial score (nSPS) is 23.9. The molecule has 0 saturated carbocycles. The van der Waals surface area contributed by atoms with E-state index in [2.05, 4.69) is 42.9 Å².